The summed E-state index contributed by atoms with van der Waals surface area (Å²) in [5.74, 6) is -19.4. The number of amides is 6. The number of ether oxygens (including phenoxy) is 7. The lowest BCUT2D eigenvalue weighted by atomic mass is 9.84. The first-order chi connectivity index (χ1) is 62.6. The number of aromatic hydroxyl groups is 3. The number of ketones is 2. The first-order valence-electron chi connectivity index (χ1n) is 44.4. The number of primary amides is 1. The van der Waals surface area contributed by atoms with Gasteiger partial charge in [-0.3, -0.25) is 33.6 Å². The van der Waals surface area contributed by atoms with Crippen molar-refractivity contribution in [2.24, 2.45) is 23.5 Å². The summed E-state index contributed by atoms with van der Waals surface area (Å²) in [5.41, 5.74) is 6.27. The first kappa shape index (κ1) is 97.5. The lowest BCUT2D eigenvalue weighted by Crippen LogP contribution is -2.66. The van der Waals surface area contributed by atoms with Gasteiger partial charge in [0.05, 0.1) is 40.7 Å². The van der Waals surface area contributed by atoms with Gasteiger partial charge in [-0.05, 0) is 138 Å². The predicted octanol–water partition coefficient (Wildman–Crippen LogP) is 10.5. The van der Waals surface area contributed by atoms with Gasteiger partial charge >= 0.3 is 12.1 Å². The van der Waals surface area contributed by atoms with E-state index in [4.69, 9.17) is 62.1 Å². The Morgan fingerprint density at radius 3 is 1.89 bits per heavy atom. The number of benzene rings is 7. The van der Waals surface area contributed by atoms with E-state index >= 15 is 24.0 Å². The maximum Gasteiger partial charge on any atom is 0.409 e. The summed E-state index contributed by atoms with van der Waals surface area (Å²) in [4.78, 5) is 136. The van der Waals surface area contributed by atoms with E-state index in [1.165, 1.54) is 24.3 Å². The number of aliphatic hydroxyl groups is 6. The van der Waals surface area contributed by atoms with Crippen LogP contribution in [-0.4, -0.2) is 209 Å². The van der Waals surface area contributed by atoms with E-state index in [1.807, 2.05) is 62.4 Å². The molecular weight excluding hydrogens is 1740 g/mol. The average molecular weight is 1850 g/mol. The number of Topliss-reactive ketones (excluding diaryl/α,β-unsaturated/α-hetero) is 2. The Bertz CT molecular complexity index is 5350. The van der Waals surface area contributed by atoms with Crippen molar-refractivity contribution in [3.63, 3.8) is 0 Å². The van der Waals surface area contributed by atoms with Gasteiger partial charge in [-0.25, -0.2) is 9.59 Å². The number of carbonyl (C=O) groups is 9. The molecule has 15 rings (SSSR count). The molecule has 7 aromatic rings. The average Bonchev–Trinajstić information content (AvgIpc) is 1.73. The predicted molar refractivity (Wildman–Crippen MR) is 476 cm³/mol. The third-order valence-electron chi connectivity index (χ3n) is 25.4. The zero-order valence-corrected chi connectivity index (χ0v) is 74.8. The van der Waals surface area contributed by atoms with Gasteiger partial charge in [-0.15, -0.1) is 0 Å². The molecule has 7 aromatic carbocycles. The lowest BCUT2D eigenvalue weighted by molar-refractivity contribution is -0.334. The molecule has 1 aliphatic carbocycles. The van der Waals surface area contributed by atoms with Crippen LogP contribution >= 0.6 is 23.2 Å². The highest BCUT2D eigenvalue weighted by Gasteiger charge is 2.53. The molecule has 0 aromatic heterocycles. The third-order valence-corrected chi connectivity index (χ3v) is 26.0. The van der Waals surface area contributed by atoms with E-state index < -0.39 is 250 Å². The van der Waals surface area contributed by atoms with Crippen molar-refractivity contribution in [1.82, 2.24) is 31.5 Å². The van der Waals surface area contributed by atoms with Gasteiger partial charge in [0.1, 0.15) is 84.0 Å². The second-order valence-corrected chi connectivity index (χ2v) is 36.0. The van der Waals surface area contributed by atoms with E-state index in [9.17, 15) is 70.2 Å². The van der Waals surface area contributed by atoms with E-state index in [2.05, 4.69) is 33.5 Å². The maximum atomic E-state index is 16.5. The number of hydrogen-bond donors (Lipinski definition) is 16. The highest BCUT2D eigenvalue weighted by Crippen LogP contribution is 2.52. The minimum atomic E-state index is -2.27. The van der Waals surface area contributed by atoms with Crippen molar-refractivity contribution in [2.75, 3.05) is 32.8 Å². The lowest BCUT2D eigenvalue weighted by Gasteiger charge is -2.48. The van der Waals surface area contributed by atoms with Crippen LogP contribution in [0.15, 0.2) is 127 Å². The molecule has 33 nitrogen and oxygen atoms in total. The number of fused-ring (bicyclic) bond motifs is 18. The Balaban J connectivity index is 0.916. The van der Waals surface area contributed by atoms with E-state index in [0.717, 1.165) is 122 Å². The summed E-state index contributed by atoms with van der Waals surface area (Å²) in [6, 6.07) is 21.7. The molecule has 35 heteroatoms. The third kappa shape index (κ3) is 22.2. The number of halogens is 2. The van der Waals surface area contributed by atoms with Crippen LogP contribution in [0.1, 0.15) is 207 Å². The molecular formula is C96H113Cl2N7O26. The summed E-state index contributed by atoms with van der Waals surface area (Å²) in [6.45, 7) is 10.6. The number of carboxylic acids is 1. The second-order valence-electron chi connectivity index (χ2n) is 35.2. The van der Waals surface area contributed by atoms with Gasteiger partial charge in [-0.1, -0.05) is 163 Å². The van der Waals surface area contributed by atoms with Crippen LogP contribution in [-0.2, 0) is 57.3 Å². The summed E-state index contributed by atoms with van der Waals surface area (Å²) in [5, 5.41) is 131. The van der Waals surface area contributed by atoms with Crippen molar-refractivity contribution in [3.8, 4) is 68.2 Å². The molecule has 0 radical (unpaired) electrons. The van der Waals surface area contributed by atoms with Crippen LogP contribution in [0, 0.1) is 17.8 Å². The van der Waals surface area contributed by atoms with Gasteiger partial charge in [0, 0.05) is 85.4 Å². The molecule has 7 heterocycles. The monoisotopic (exact) mass is 1850 g/mol. The van der Waals surface area contributed by atoms with Crippen molar-refractivity contribution >= 4 is 76.4 Å². The fourth-order valence-electron chi connectivity index (χ4n) is 18.3. The number of hydrogen-bond acceptors (Lipinski definition) is 26. The van der Waals surface area contributed by atoms with E-state index in [0.29, 0.717) is 19.4 Å². The van der Waals surface area contributed by atoms with Crippen LogP contribution in [0.4, 0.5) is 4.79 Å². The van der Waals surface area contributed by atoms with E-state index in [1.54, 1.807) is 25.7 Å². The highest BCUT2D eigenvalue weighted by atomic mass is 35.5. The molecule has 2 fully saturated rings. The topological polar surface area (TPSA) is 510 Å². The number of carbonyl (C=O) groups excluding carboxylic acids is 8. The standard InChI is InChI=1S/C96H113Cl2N7O26/c1-7-9-10-11-12-13-14-19-31-105(95(124)125-46-63-58-22-17-15-20-56(58)57-21-16-18-23-59(57)63)32-30-100-96(6)44-76(126-48(5)88(96)117)130-87-85(116)84(115)74(45-106)129-94(87)131-86-72-38-53-39-73(86)128-71-29-26-52(36-65(71)98)83(114)81-92(121)102-79(93(122)123)62-41-55(107)42-67(109)77(62)61-34-50(24-27-66(61)108)60(91(120)104-81)43-69(111)78(53)101-90(119)54(40-75(99)112)37-68(110)80(103-89(118)49(8-2)33-47(3)4)82(113)51-25-28-70(127-72)64(97)35-51/h15-18,20-29,34-36,38-39,41-42,47-49,54,60,63,74,76,78-85,87-88,94,100,106-109,113-117H,7-14,19,30-33,37,40,43-46H2,1-6H3,(H2,99,112)(H,101,119)(H,102,121)(H,103,118)(H,104,120)(H,122,123)/t48-,49+,54-,60?,74+,76-,78+,79-,80-,81-,82+,83+,84+,85-,87+,88+,94-,96-/m0/s1. The summed E-state index contributed by atoms with van der Waals surface area (Å²) in [6.07, 6.45) is -12.9. The van der Waals surface area contributed by atoms with Gasteiger partial charge < -0.3 is 121 Å². The Hall–Kier alpha value is -11.1. The highest BCUT2D eigenvalue weighted by molar-refractivity contribution is 6.32. The molecule has 6 amide bonds. The smallest absolute Gasteiger partial charge is 0.409 e. The van der Waals surface area contributed by atoms with Crippen molar-refractivity contribution in [2.45, 2.75) is 234 Å². The number of phenols is 3. The Morgan fingerprint density at radius 2 is 1.28 bits per heavy atom. The summed E-state index contributed by atoms with van der Waals surface area (Å²) in [7, 11) is 0. The number of rotatable bonds is 28. The van der Waals surface area contributed by atoms with Gasteiger partial charge in [0.25, 0.3) is 0 Å². The molecule has 702 valence electrons. The number of nitrogens with zero attached hydrogens (tertiary/aromatic N) is 1. The number of aliphatic hydroxyl groups excluding tert-OH is 6. The van der Waals surface area contributed by atoms with Crippen LogP contribution in [0.2, 0.25) is 10.0 Å². The van der Waals surface area contributed by atoms with Gasteiger partial charge in [-0.2, -0.15) is 0 Å². The van der Waals surface area contributed by atoms with Gasteiger partial charge in [0.15, 0.2) is 41.5 Å². The minimum absolute atomic E-state index is 0.0332. The minimum Gasteiger partial charge on any atom is -0.508 e. The molecule has 2 saturated heterocycles. The van der Waals surface area contributed by atoms with Crippen molar-refractivity contribution in [3.05, 3.63) is 176 Å². The molecule has 7 aliphatic heterocycles. The molecule has 11 bridgehead atoms. The fraction of sp³-hybridized carbons (Fsp3) is 0.469. The Labute approximate surface area is 766 Å². The fourth-order valence-corrected chi connectivity index (χ4v) is 18.7. The molecule has 8 aliphatic rings. The molecule has 131 heavy (non-hydrogen) atoms. The van der Waals surface area contributed by atoms with E-state index in [-0.39, 0.29) is 77.6 Å². The number of nitrogens with one attached hydrogen (secondary N) is 5. The number of nitrogens with two attached hydrogens (primary N) is 1. The summed E-state index contributed by atoms with van der Waals surface area (Å²) < 4.78 is 46.3. The zero-order valence-electron chi connectivity index (χ0n) is 73.3. The van der Waals surface area contributed by atoms with Crippen LogP contribution in [0.3, 0.4) is 0 Å². The van der Waals surface area contributed by atoms with Crippen LogP contribution in [0.25, 0.3) is 22.3 Å². The normalized spacial score (nSPS) is 25.8. The largest absolute Gasteiger partial charge is 0.508 e. The number of phenolic OH excluding ortho intramolecular Hbond substituents is 3. The molecule has 1 unspecified atom stereocenters. The zero-order chi connectivity index (χ0) is 94.1. The Kier molecular flexibility index (Phi) is 31.7. The molecule has 0 saturated carbocycles. The molecule has 18 atom stereocenters. The first-order valence-corrected chi connectivity index (χ1v) is 45.1. The quantitative estimate of drug-likeness (QED) is 0.0203. The molecule has 17 N–H and O–H groups in total. The molecule has 0 spiro atoms. The number of carboxylic acid groups (broad SMARTS) is 1. The van der Waals surface area contributed by atoms with Crippen LogP contribution in [0.5, 0.6) is 46.0 Å². The van der Waals surface area contributed by atoms with Crippen molar-refractivity contribution in [1.29, 1.82) is 0 Å². The maximum absolute atomic E-state index is 16.5. The van der Waals surface area contributed by atoms with Gasteiger partial charge in [0.2, 0.25) is 41.6 Å². The SMILES string of the molecule is CCCCCCCCCCN(CCN[C@@]1(C)C[C@H](O[C@H]2[C@H](Oc3c4cc5cc3Oc3ccc(cc3Cl)[C@@H](O)[C@@H](NC(=O)[C@H](CC)CC(C)C)C(=O)C[C@@H](CC(N)=O)C(=O)N[C@H]5C(=O)CC3C(=O)N[C@H](C(=O)N[C@H](C(=O)O)c5cc(O)cc(O)c5-c5cc3ccc5O)[C@H](O)c3ccc(c(Cl)c3)O4)O[C@H](CO)[C@@H](O)[C@@H]2O)O[C@@H](C)[C@H]1O)C(=O)OCC1c2ccccc2-c2ccccc21. The number of unbranched alkanes of at least 4 members (excludes halogenated alkanes) is 7. The van der Waals surface area contributed by atoms with Crippen molar-refractivity contribution < 1.29 is 127 Å². The number of aliphatic carboxylic acids is 1. The summed E-state index contributed by atoms with van der Waals surface area (Å²) >= 11 is 14.5. The van der Waals surface area contributed by atoms with Crippen LogP contribution < -0.4 is 46.5 Å². The Morgan fingerprint density at radius 1 is 0.656 bits per heavy atom. The second kappa shape index (κ2) is 42.7.